The van der Waals surface area contributed by atoms with E-state index in [1.54, 1.807) is 0 Å². The monoisotopic (exact) mass is 376 g/mol. The Balaban J connectivity index is 0.00000243. The predicted octanol–water partition coefficient (Wildman–Crippen LogP) is 3.78. The largest absolute Gasteiger partial charge is 0.492 e. The van der Waals surface area contributed by atoms with Gasteiger partial charge in [-0.25, -0.2) is 0 Å². The molecule has 2 N–H and O–H groups in total. The van der Waals surface area contributed by atoms with Crippen molar-refractivity contribution in [1.29, 1.82) is 0 Å². The molecule has 2 unspecified atom stereocenters. The van der Waals surface area contributed by atoms with Crippen LogP contribution >= 0.6 is 12.4 Å². The number of hydrogen-bond acceptors (Lipinski definition) is 3. The van der Waals surface area contributed by atoms with Gasteiger partial charge in [-0.15, -0.1) is 12.4 Å². The van der Waals surface area contributed by atoms with Crippen molar-refractivity contribution in [2.45, 2.75) is 26.2 Å². The fourth-order valence-electron chi connectivity index (χ4n) is 3.51. The van der Waals surface area contributed by atoms with E-state index in [1.807, 2.05) is 24.3 Å². The van der Waals surface area contributed by atoms with Crippen LogP contribution in [0.1, 0.15) is 26.2 Å². The van der Waals surface area contributed by atoms with E-state index >= 15 is 0 Å². The highest BCUT2D eigenvalue weighted by atomic mass is 35.5. The number of amides is 1. The van der Waals surface area contributed by atoms with Gasteiger partial charge in [-0.05, 0) is 60.7 Å². The quantitative estimate of drug-likeness (QED) is 0.723. The summed E-state index contributed by atoms with van der Waals surface area (Å²) in [5.41, 5.74) is 0. The maximum Gasteiger partial charge on any atom is 0.220 e. The molecule has 0 bridgehead atoms. The first-order valence-electron chi connectivity index (χ1n) is 9.31. The highest BCUT2D eigenvalue weighted by Crippen LogP contribution is 2.22. The highest BCUT2D eigenvalue weighted by molar-refractivity contribution is 5.85. The number of fused-ring (bicyclic) bond motifs is 1. The smallest absolute Gasteiger partial charge is 0.220 e. The Morgan fingerprint density at radius 3 is 2.85 bits per heavy atom. The zero-order valence-corrected chi connectivity index (χ0v) is 16.2. The third kappa shape index (κ3) is 5.89. The number of benzene rings is 2. The third-order valence-electron chi connectivity index (χ3n) is 5.06. The summed E-state index contributed by atoms with van der Waals surface area (Å²) in [5, 5.41) is 8.76. The van der Waals surface area contributed by atoms with Crippen LogP contribution in [0.15, 0.2) is 42.5 Å². The fourth-order valence-corrected chi connectivity index (χ4v) is 3.51. The van der Waals surface area contributed by atoms with E-state index in [0.29, 0.717) is 31.4 Å². The molecule has 0 aliphatic carbocycles. The van der Waals surface area contributed by atoms with E-state index in [9.17, 15) is 4.79 Å². The van der Waals surface area contributed by atoms with Crippen LogP contribution in [-0.2, 0) is 4.79 Å². The maximum absolute atomic E-state index is 12.1. The number of hydrogen-bond donors (Lipinski definition) is 2. The average Bonchev–Trinajstić information content (AvgIpc) is 2.66. The molecule has 4 nitrogen and oxygen atoms in total. The summed E-state index contributed by atoms with van der Waals surface area (Å²) in [4.78, 5) is 12.1. The van der Waals surface area contributed by atoms with Gasteiger partial charge in [-0.2, -0.15) is 0 Å². The fraction of sp³-hybridized carbons (Fsp3) is 0.476. The standard InChI is InChI=1S/C21H28N2O2.ClH/c1-16(19-7-4-10-22-15-19)13-21(24)23-11-12-25-20-9-8-17-5-2-3-6-18(17)14-20;/h2-3,5-6,8-9,14,16,19,22H,4,7,10-13,15H2,1H3,(H,23,24);1H. The Hall–Kier alpha value is -1.78. The van der Waals surface area contributed by atoms with Gasteiger partial charge in [0.1, 0.15) is 12.4 Å². The lowest BCUT2D eigenvalue weighted by molar-refractivity contribution is -0.122. The first kappa shape index (κ1) is 20.5. The van der Waals surface area contributed by atoms with Gasteiger partial charge < -0.3 is 15.4 Å². The summed E-state index contributed by atoms with van der Waals surface area (Å²) in [5.74, 6) is 2.01. The van der Waals surface area contributed by atoms with Gasteiger partial charge in [0, 0.05) is 6.42 Å². The molecule has 1 saturated heterocycles. The van der Waals surface area contributed by atoms with Gasteiger partial charge in [0.2, 0.25) is 5.91 Å². The molecule has 1 fully saturated rings. The molecule has 2 atom stereocenters. The molecule has 26 heavy (non-hydrogen) atoms. The van der Waals surface area contributed by atoms with Crippen LogP contribution in [0.25, 0.3) is 10.8 Å². The summed E-state index contributed by atoms with van der Waals surface area (Å²) < 4.78 is 5.76. The molecule has 5 heteroatoms. The Kier molecular flexibility index (Phi) is 8.20. The van der Waals surface area contributed by atoms with Crippen LogP contribution in [0, 0.1) is 11.8 Å². The van der Waals surface area contributed by atoms with Crippen molar-refractivity contribution in [1.82, 2.24) is 10.6 Å². The molecular formula is C21H29ClN2O2. The van der Waals surface area contributed by atoms with Crippen molar-refractivity contribution < 1.29 is 9.53 Å². The SMILES string of the molecule is CC(CC(=O)NCCOc1ccc2ccccc2c1)C1CCCNC1.Cl. The molecule has 2 aromatic rings. The van der Waals surface area contributed by atoms with E-state index in [1.165, 1.54) is 23.6 Å². The van der Waals surface area contributed by atoms with Gasteiger partial charge in [-0.3, -0.25) is 4.79 Å². The van der Waals surface area contributed by atoms with E-state index < -0.39 is 0 Å². The minimum atomic E-state index is 0. The summed E-state index contributed by atoms with van der Waals surface area (Å²) >= 11 is 0. The lowest BCUT2D eigenvalue weighted by Gasteiger charge is -2.28. The average molecular weight is 377 g/mol. The molecule has 0 aromatic heterocycles. The Labute approximate surface area is 162 Å². The summed E-state index contributed by atoms with van der Waals surface area (Å²) in [7, 11) is 0. The number of carbonyl (C=O) groups is 1. The molecule has 142 valence electrons. The van der Waals surface area contributed by atoms with E-state index in [2.05, 4.69) is 35.8 Å². The topological polar surface area (TPSA) is 50.4 Å². The van der Waals surface area contributed by atoms with Crippen LogP contribution in [0.4, 0.5) is 0 Å². The molecule has 2 aromatic carbocycles. The van der Waals surface area contributed by atoms with Gasteiger partial charge in [0.25, 0.3) is 0 Å². The number of ether oxygens (including phenoxy) is 1. The molecule has 1 amide bonds. The highest BCUT2D eigenvalue weighted by Gasteiger charge is 2.21. The zero-order chi connectivity index (χ0) is 17.5. The Bertz CT molecular complexity index is 701. The minimum absolute atomic E-state index is 0. The van der Waals surface area contributed by atoms with Crippen molar-refractivity contribution in [3.05, 3.63) is 42.5 Å². The van der Waals surface area contributed by atoms with E-state index in [4.69, 9.17) is 4.74 Å². The molecule has 0 saturated carbocycles. The molecular weight excluding hydrogens is 348 g/mol. The van der Waals surface area contributed by atoms with Crippen molar-refractivity contribution >= 4 is 29.1 Å². The first-order chi connectivity index (χ1) is 12.2. The normalized spacial score (nSPS) is 18.0. The number of rotatable bonds is 7. The molecule has 0 spiro atoms. The number of halogens is 1. The van der Waals surface area contributed by atoms with Gasteiger partial charge in [-0.1, -0.05) is 37.3 Å². The van der Waals surface area contributed by atoms with Gasteiger partial charge in [0.05, 0.1) is 6.54 Å². The second-order valence-electron chi connectivity index (χ2n) is 7.00. The Morgan fingerprint density at radius 2 is 2.08 bits per heavy atom. The third-order valence-corrected chi connectivity index (χ3v) is 5.06. The van der Waals surface area contributed by atoms with Crippen LogP contribution in [-0.4, -0.2) is 32.1 Å². The molecule has 0 radical (unpaired) electrons. The summed E-state index contributed by atoms with van der Waals surface area (Å²) in [6.07, 6.45) is 3.05. The second kappa shape index (κ2) is 10.4. The number of carbonyl (C=O) groups excluding carboxylic acids is 1. The van der Waals surface area contributed by atoms with Crippen LogP contribution in [0.2, 0.25) is 0 Å². The molecule has 3 rings (SSSR count). The van der Waals surface area contributed by atoms with Crippen molar-refractivity contribution in [3.63, 3.8) is 0 Å². The zero-order valence-electron chi connectivity index (χ0n) is 15.4. The van der Waals surface area contributed by atoms with E-state index in [0.717, 1.165) is 18.8 Å². The van der Waals surface area contributed by atoms with Crippen LogP contribution < -0.4 is 15.4 Å². The first-order valence-corrected chi connectivity index (χ1v) is 9.31. The lowest BCUT2D eigenvalue weighted by Crippen LogP contribution is -2.36. The number of piperidine rings is 1. The van der Waals surface area contributed by atoms with Crippen molar-refractivity contribution in [2.75, 3.05) is 26.2 Å². The minimum Gasteiger partial charge on any atom is -0.492 e. The number of nitrogens with one attached hydrogen (secondary N) is 2. The maximum atomic E-state index is 12.1. The van der Waals surface area contributed by atoms with Crippen LogP contribution in [0.5, 0.6) is 5.75 Å². The second-order valence-corrected chi connectivity index (χ2v) is 7.00. The van der Waals surface area contributed by atoms with Crippen molar-refractivity contribution in [3.8, 4) is 5.75 Å². The predicted molar refractivity (Wildman–Crippen MR) is 109 cm³/mol. The lowest BCUT2D eigenvalue weighted by atomic mass is 9.85. The van der Waals surface area contributed by atoms with Gasteiger partial charge >= 0.3 is 0 Å². The van der Waals surface area contributed by atoms with E-state index in [-0.39, 0.29) is 18.3 Å². The summed E-state index contributed by atoms with van der Waals surface area (Å²) in [6.45, 7) is 5.37. The van der Waals surface area contributed by atoms with Gasteiger partial charge in [0.15, 0.2) is 0 Å². The molecule has 1 aliphatic rings. The molecule has 1 heterocycles. The van der Waals surface area contributed by atoms with Crippen molar-refractivity contribution in [2.24, 2.45) is 11.8 Å². The van der Waals surface area contributed by atoms with Crippen LogP contribution in [0.3, 0.4) is 0 Å². The molecule has 1 aliphatic heterocycles. The summed E-state index contributed by atoms with van der Waals surface area (Å²) in [6, 6.07) is 14.3. The Morgan fingerprint density at radius 1 is 1.27 bits per heavy atom.